The van der Waals surface area contributed by atoms with E-state index >= 15 is 0 Å². The third-order valence-corrected chi connectivity index (χ3v) is 4.28. The fourth-order valence-electron chi connectivity index (χ4n) is 1.96. The van der Waals surface area contributed by atoms with Crippen molar-refractivity contribution >= 4 is 27.3 Å². The number of nitrogens with one attached hydrogen (secondary N) is 2. The summed E-state index contributed by atoms with van der Waals surface area (Å²) in [5, 5.41) is 2.60. The Morgan fingerprint density at radius 3 is 2.35 bits per heavy atom. The Bertz CT molecular complexity index is 786. The number of ether oxygens (including phenoxy) is 1. The lowest BCUT2D eigenvalue weighted by molar-refractivity contribution is -0.114. The van der Waals surface area contributed by atoms with E-state index in [1.165, 1.54) is 19.1 Å². The summed E-state index contributed by atoms with van der Waals surface area (Å²) in [6.45, 7) is 3.76. The maximum atomic E-state index is 12.4. The molecule has 0 aromatic heterocycles. The number of amides is 1. The molecule has 2 N–H and O–H groups in total. The van der Waals surface area contributed by atoms with Crippen molar-refractivity contribution in [3.8, 4) is 5.75 Å². The van der Waals surface area contributed by atoms with Crippen LogP contribution >= 0.6 is 0 Å². The Labute approximate surface area is 135 Å². The lowest BCUT2D eigenvalue weighted by atomic mass is 10.3. The van der Waals surface area contributed by atoms with Gasteiger partial charge in [0.2, 0.25) is 5.91 Å². The van der Waals surface area contributed by atoms with Gasteiger partial charge in [0.1, 0.15) is 5.75 Å². The van der Waals surface area contributed by atoms with Crippen molar-refractivity contribution in [2.75, 3.05) is 16.6 Å². The SMILES string of the molecule is CCOc1ccc(S(=O)(=O)Nc2cccc(NC(C)=O)c2)cc1. The van der Waals surface area contributed by atoms with Gasteiger partial charge in [-0.3, -0.25) is 9.52 Å². The highest BCUT2D eigenvalue weighted by molar-refractivity contribution is 7.92. The fraction of sp³-hybridized carbons (Fsp3) is 0.188. The van der Waals surface area contributed by atoms with E-state index < -0.39 is 10.0 Å². The van der Waals surface area contributed by atoms with Crippen molar-refractivity contribution < 1.29 is 17.9 Å². The minimum absolute atomic E-state index is 0.130. The zero-order chi connectivity index (χ0) is 16.9. The molecule has 122 valence electrons. The highest BCUT2D eigenvalue weighted by Gasteiger charge is 2.14. The molecule has 0 aliphatic heterocycles. The fourth-order valence-corrected chi connectivity index (χ4v) is 3.01. The average molecular weight is 334 g/mol. The Hall–Kier alpha value is -2.54. The molecule has 0 unspecified atom stereocenters. The predicted molar refractivity (Wildman–Crippen MR) is 89.2 cm³/mol. The Morgan fingerprint density at radius 1 is 1.09 bits per heavy atom. The van der Waals surface area contributed by atoms with E-state index in [-0.39, 0.29) is 10.8 Å². The van der Waals surface area contributed by atoms with Gasteiger partial charge in [-0.15, -0.1) is 0 Å². The lowest BCUT2D eigenvalue weighted by Crippen LogP contribution is -2.13. The highest BCUT2D eigenvalue weighted by Crippen LogP contribution is 2.21. The largest absolute Gasteiger partial charge is 0.494 e. The summed E-state index contributed by atoms with van der Waals surface area (Å²) in [5.41, 5.74) is 0.884. The van der Waals surface area contributed by atoms with Crippen LogP contribution in [0.3, 0.4) is 0 Å². The minimum Gasteiger partial charge on any atom is -0.494 e. The first-order valence-corrected chi connectivity index (χ1v) is 8.52. The van der Waals surface area contributed by atoms with Crippen LogP contribution in [-0.2, 0) is 14.8 Å². The Kier molecular flexibility index (Phi) is 5.23. The normalized spacial score (nSPS) is 10.9. The lowest BCUT2D eigenvalue weighted by Gasteiger charge is -2.10. The van der Waals surface area contributed by atoms with Gasteiger partial charge in [0.25, 0.3) is 10.0 Å². The number of carbonyl (C=O) groups excluding carboxylic acids is 1. The number of carbonyl (C=O) groups is 1. The first kappa shape index (κ1) is 16.8. The van der Waals surface area contributed by atoms with Gasteiger partial charge in [0.05, 0.1) is 17.2 Å². The molecule has 6 nitrogen and oxygen atoms in total. The van der Waals surface area contributed by atoms with E-state index in [0.29, 0.717) is 23.7 Å². The molecule has 0 aliphatic carbocycles. The molecule has 0 bridgehead atoms. The second kappa shape index (κ2) is 7.15. The van der Waals surface area contributed by atoms with Crippen LogP contribution in [0.1, 0.15) is 13.8 Å². The number of hydrogen-bond donors (Lipinski definition) is 2. The molecule has 0 saturated carbocycles. The van der Waals surface area contributed by atoms with Crippen LogP contribution in [0.4, 0.5) is 11.4 Å². The van der Waals surface area contributed by atoms with Crippen LogP contribution in [0.25, 0.3) is 0 Å². The number of anilines is 2. The van der Waals surface area contributed by atoms with Crippen molar-refractivity contribution in [3.05, 3.63) is 48.5 Å². The van der Waals surface area contributed by atoms with Crippen LogP contribution in [0, 0.1) is 0 Å². The van der Waals surface area contributed by atoms with E-state index in [0.717, 1.165) is 0 Å². The Balaban J connectivity index is 2.19. The smallest absolute Gasteiger partial charge is 0.261 e. The molecule has 0 radical (unpaired) electrons. The van der Waals surface area contributed by atoms with Gasteiger partial charge in [-0.2, -0.15) is 0 Å². The van der Waals surface area contributed by atoms with Crippen LogP contribution in [-0.4, -0.2) is 20.9 Å². The zero-order valence-corrected chi connectivity index (χ0v) is 13.7. The predicted octanol–water partition coefficient (Wildman–Crippen LogP) is 2.84. The summed E-state index contributed by atoms with van der Waals surface area (Å²) in [7, 11) is -3.71. The molecule has 0 heterocycles. The van der Waals surface area contributed by atoms with Crippen molar-refractivity contribution in [2.45, 2.75) is 18.7 Å². The van der Waals surface area contributed by atoms with Crippen molar-refractivity contribution in [3.63, 3.8) is 0 Å². The van der Waals surface area contributed by atoms with Gasteiger partial charge in [-0.05, 0) is 49.4 Å². The summed E-state index contributed by atoms with van der Waals surface area (Å²) in [6.07, 6.45) is 0. The molecule has 2 rings (SSSR count). The monoisotopic (exact) mass is 334 g/mol. The third kappa shape index (κ3) is 4.72. The molecule has 0 spiro atoms. The number of benzene rings is 2. The van der Waals surface area contributed by atoms with E-state index in [1.807, 2.05) is 6.92 Å². The molecule has 1 amide bonds. The zero-order valence-electron chi connectivity index (χ0n) is 12.9. The van der Waals surface area contributed by atoms with Gasteiger partial charge >= 0.3 is 0 Å². The second-order valence-electron chi connectivity index (χ2n) is 4.77. The average Bonchev–Trinajstić information content (AvgIpc) is 2.47. The quantitative estimate of drug-likeness (QED) is 0.851. The molecule has 7 heteroatoms. The number of sulfonamides is 1. The van der Waals surface area contributed by atoms with Crippen LogP contribution in [0.5, 0.6) is 5.75 Å². The summed E-state index contributed by atoms with van der Waals surface area (Å²) >= 11 is 0. The highest BCUT2D eigenvalue weighted by atomic mass is 32.2. The third-order valence-electron chi connectivity index (χ3n) is 2.88. The summed E-state index contributed by atoms with van der Waals surface area (Å²) < 4.78 is 32.5. The topological polar surface area (TPSA) is 84.5 Å². The van der Waals surface area contributed by atoms with Gasteiger partial charge in [0.15, 0.2) is 0 Å². The Morgan fingerprint density at radius 2 is 1.74 bits per heavy atom. The van der Waals surface area contributed by atoms with Gasteiger partial charge in [-0.1, -0.05) is 6.07 Å². The van der Waals surface area contributed by atoms with Gasteiger partial charge in [0, 0.05) is 12.6 Å². The second-order valence-corrected chi connectivity index (χ2v) is 6.45. The number of hydrogen-bond acceptors (Lipinski definition) is 4. The molecule has 2 aromatic rings. The van der Waals surface area contributed by atoms with E-state index in [1.54, 1.807) is 36.4 Å². The van der Waals surface area contributed by atoms with Crippen LogP contribution in [0.2, 0.25) is 0 Å². The molecular weight excluding hydrogens is 316 g/mol. The van der Waals surface area contributed by atoms with E-state index in [2.05, 4.69) is 10.0 Å². The van der Waals surface area contributed by atoms with Gasteiger partial charge in [-0.25, -0.2) is 8.42 Å². The number of rotatable bonds is 6. The summed E-state index contributed by atoms with van der Waals surface area (Å²) in [5.74, 6) is 0.385. The molecule has 0 atom stereocenters. The van der Waals surface area contributed by atoms with Gasteiger partial charge < -0.3 is 10.1 Å². The molecule has 0 fully saturated rings. The first-order valence-electron chi connectivity index (χ1n) is 7.04. The molecular formula is C16H18N2O4S. The standard InChI is InChI=1S/C16H18N2O4S/c1-3-22-15-7-9-16(10-8-15)23(20,21)18-14-6-4-5-13(11-14)17-12(2)19/h4-11,18H,3H2,1-2H3,(H,17,19). The molecule has 0 saturated heterocycles. The van der Waals surface area contributed by atoms with E-state index in [9.17, 15) is 13.2 Å². The summed E-state index contributed by atoms with van der Waals surface area (Å²) in [6, 6.07) is 12.6. The first-order chi connectivity index (χ1) is 10.9. The van der Waals surface area contributed by atoms with Crippen LogP contribution in [0.15, 0.2) is 53.4 Å². The van der Waals surface area contributed by atoms with Crippen molar-refractivity contribution in [2.24, 2.45) is 0 Å². The molecule has 23 heavy (non-hydrogen) atoms. The minimum atomic E-state index is -3.71. The van der Waals surface area contributed by atoms with Crippen molar-refractivity contribution in [1.82, 2.24) is 0 Å². The van der Waals surface area contributed by atoms with Crippen LogP contribution < -0.4 is 14.8 Å². The summed E-state index contributed by atoms with van der Waals surface area (Å²) in [4.78, 5) is 11.2. The molecule has 2 aromatic carbocycles. The molecule has 0 aliphatic rings. The van der Waals surface area contributed by atoms with E-state index in [4.69, 9.17) is 4.74 Å². The van der Waals surface area contributed by atoms with Crippen molar-refractivity contribution in [1.29, 1.82) is 0 Å². The maximum absolute atomic E-state index is 12.4. The maximum Gasteiger partial charge on any atom is 0.261 e.